The molecule has 1 aromatic heterocycles. The van der Waals surface area contributed by atoms with Gasteiger partial charge in [-0.1, -0.05) is 29.8 Å². The van der Waals surface area contributed by atoms with Gasteiger partial charge in [-0.2, -0.15) is 16.9 Å². The van der Waals surface area contributed by atoms with Gasteiger partial charge in [-0.3, -0.25) is 9.69 Å². The van der Waals surface area contributed by atoms with E-state index in [4.69, 9.17) is 11.6 Å². The summed E-state index contributed by atoms with van der Waals surface area (Å²) in [4.78, 5) is 17.3. The first-order valence-electron chi connectivity index (χ1n) is 9.55. The molecule has 0 N–H and O–H groups in total. The van der Waals surface area contributed by atoms with Crippen LogP contribution >= 0.6 is 23.4 Å². The Kier molecular flexibility index (Phi) is 5.76. The Balaban J connectivity index is 1.53. The molecule has 144 valence electrons. The third-order valence-electron chi connectivity index (χ3n) is 5.46. The second kappa shape index (κ2) is 8.25. The van der Waals surface area contributed by atoms with Crippen LogP contribution in [0.25, 0.3) is 5.69 Å². The number of rotatable bonds is 4. The van der Waals surface area contributed by atoms with Crippen molar-refractivity contribution in [3.8, 4) is 5.69 Å². The van der Waals surface area contributed by atoms with E-state index in [0.717, 1.165) is 60.9 Å². The Morgan fingerprint density at radius 1 is 1.22 bits per heavy atom. The highest BCUT2D eigenvalue weighted by molar-refractivity contribution is 7.99. The molecule has 3 heterocycles. The molecule has 0 radical (unpaired) electrons. The second-order valence-electron chi connectivity index (χ2n) is 7.17. The predicted octanol–water partition coefficient (Wildman–Crippen LogP) is 3.37. The largest absolute Gasteiger partial charge is 0.340 e. The lowest BCUT2D eigenvalue weighted by Gasteiger charge is -2.32. The van der Waals surface area contributed by atoms with Crippen LogP contribution in [0.15, 0.2) is 30.3 Å². The first kappa shape index (κ1) is 18.8. The van der Waals surface area contributed by atoms with Crippen molar-refractivity contribution in [2.24, 2.45) is 0 Å². The fourth-order valence-corrected chi connectivity index (χ4v) is 5.18. The van der Waals surface area contributed by atoms with Gasteiger partial charge in [0.05, 0.1) is 17.4 Å². The number of likely N-dealkylation sites (tertiary alicyclic amines) is 1. The molecule has 7 heteroatoms. The Morgan fingerprint density at radius 3 is 2.70 bits per heavy atom. The van der Waals surface area contributed by atoms with Gasteiger partial charge in [-0.15, -0.1) is 0 Å². The van der Waals surface area contributed by atoms with Gasteiger partial charge in [0.1, 0.15) is 5.15 Å². The maximum atomic E-state index is 13.0. The molecule has 0 bridgehead atoms. The molecule has 1 atom stereocenters. The first-order chi connectivity index (χ1) is 13.1. The number of hydrogen-bond donors (Lipinski definition) is 0. The summed E-state index contributed by atoms with van der Waals surface area (Å²) < 4.78 is 1.79. The predicted molar refractivity (Wildman–Crippen MR) is 111 cm³/mol. The lowest BCUT2D eigenvalue weighted by Crippen LogP contribution is -2.48. The van der Waals surface area contributed by atoms with E-state index < -0.39 is 0 Å². The normalized spacial score (nSPS) is 21.0. The summed E-state index contributed by atoms with van der Waals surface area (Å²) >= 11 is 8.62. The molecule has 1 unspecified atom stereocenters. The average molecular weight is 405 g/mol. The highest BCUT2D eigenvalue weighted by Gasteiger charge is 2.35. The van der Waals surface area contributed by atoms with Crippen LogP contribution < -0.4 is 0 Å². The average Bonchev–Trinajstić information content (AvgIpc) is 3.29. The van der Waals surface area contributed by atoms with Crippen LogP contribution in [-0.2, 0) is 11.3 Å². The molecular weight excluding hydrogens is 380 g/mol. The third kappa shape index (κ3) is 3.89. The van der Waals surface area contributed by atoms with Crippen LogP contribution in [0.2, 0.25) is 5.15 Å². The standard InChI is InChI=1S/C20H25ClN4OS/c1-15-17(19(21)25(22-15)16-6-3-2-4-7-16)14-24-9-5-8-18(24)20(26)23-10-12-27-13-11-23/h2-4,6-7,18H,5,8-14H2,1H3. The topological polar surface area (TPSA) is 41.4 Å². The summed E-state index contributed by atoms with van der Waals surface area (Å²) in [6.45, 7) is 5.36. The van der Waals surface area contributed by atoms with Crippen molar-refractivity contribution in [3.63, 3.8) is 0 Å². The molecule has 2 aliphatic rings. The lowest BCUT2D eigenvalue weighted by molar-refractivity contribution is -0.135. The van der Waals surface area contributed by atoms with Crippen LogP contribution in [-0.4, -0.2) is 62.7 Å². The monoisotopic (exact) mass is 404 g/mol. The Morgan fingerprint density at radius 2 is 1.96 bits per heavy atom. The van der Waals surface area contributed by atoms with Crippen molar-refractivity contribution in [2.75, 3.05) is 31.1 Å². The van der Waals surface area contributed by atoms with E-state index in [9.17, 15) is 4.79 Å². The summed E-state index contributed by atoms with van der Waals surface area (Å²) in [6, 6.07) is 9.91. The number of para-hydroxylation sites is 1. The van der Waals surface area contributed by atoms with Crippen LogP contribution in [0, 0.1) is 6.92 Å². The zero-order valence-corrected chi connectivity index (χ0v) is 17.2. The highest BCUT2D eigenvalue weighted by Crippen LogP contribution is 2.29. The van der Waals surface area contributed by atoms with Crippen LogP contribution in [0.1, 0.15) is 24.1 Å². The minimum atomic E-state index is -0.0244. The number of aryl methyl sites for hydroxylation is 1. The number of carbonyl (C=O) groups is 1. The van der Waals surface area contributed by atoms with E-state index in [-0.39, 0.29) is 11.9 Å². The van der Waals surface area contributed by atoms with Crippen molar-refractivity contribution in [2.45, 2.75) is 32.4 Å². The molecule has 0 saturated carbocycles. The molecule has 5 nitrogen and oxygen atoms in total. The van der Waals surface area contributed by atoms with Gasteiger partial charge in [0.2, 0.25) is 5.91 Å². The van der Waals surface area contributed by atoms with Gasteiger partial charge in [0.15, 0.2) is 0 Å². The van der Waals surface area contributed by atoms with Gasteiger partial charge in [0.25, 0.3) is 0 Å². The number of halogens is 1. The lowest BCUT2D eigenvalue weighted by atomic mass is 10.1. The molecule has 1 amide bonds. The number of nitrogens with zero attached hydrogens (tertiary/aromatic N) is 4. The molecule has 0 spiro atoms. The van der Waals surface area contributed by atoms with Crippen LogP contribution in [0.3, 0.4) is 0 Å². The van der Waals surface area contributed by atoms with Crippen molar-refractivity contribution in [1.29, 1.82) is 0 Å². The van der Waals surface area contributed by atoms with Gasteiger partial charge >= 0.3 is 0 Å². The zero-order valence-electron chi connectivity index (χ0n) is 15.6. The molecular formula is C20H25ClN4OS. The summed E-state index contributed by atoms with van der Waals surface area (Å²) in [5.41, 5.74) is 2.91. The fraction of sp³-hybridized carbons (Fsp3) is 0.500. The van der Waals surface area contributed by atoms with Crippen LogP contribution in [0.5, 0.6) is 0 Å². The van der Waals surface area contributed by atoms with E-state index in [1.165, 1.54) is 0 Å². The summed E-state index contributed by atoms with van der Waals surface area (Å²) in [5, 5.41) is 5.29. The maximum absolute atomic E-state index is 13.0. The molecule has 4 rings (SSSR count). The van der Waals surface area contributed by atoms with E-state index in [2.05, 4.69) is 10.00 Å². The van der Waals surface area contributed by atoms with Gasteiger partial charge in [-0.05, 0) is 38.4 Å². The Hall–Kier alpha value is -1.50. The smallest absolute Gasteiger partial charge is 0.239 e. The summed E-state index contributed by atoms with van der Waals surface area (Å²) in [5.74, 6) is 2.39. The van der Waals surface area contributed by atoms with Gasteiger partial charge in [-0.25, -0.2) is 4.68 Å². The van der Waals surface area contributed by atoms with E-state index in [1.807, 2.05) is 53.9 Å². The van der Waals surface area contributed by atoms with E-state index in [1.54, 1.807) is 4.68 Å². The Labute approximate surface area is 169 Å². The van der Waals surface area contributed by atoms with Gasteiger partial charge < -0.3 is 4.90 Å². The maximum Gasteiger partial charge on any atom is 0.239 e. The van der Waals surface area contributed by atoms with Crippen molar-refractivity contribution in [1.82, 2.24) is 19.6 Å². The number of thioether (sulfide) groups is 1. The van der Waals surface area contributed by atoms with Gasteiger partial charge in [0, 0.05) is 36.7 Å². The highest BCUT2D eigenvalue weighted by atomic mass is 35.5. The number of amides is 1. The minimum Gasteiger partial charge on any atom is -0.340 e. The quantitative estimate of drug-likeness (QED) is 0.783. The van der Waals surface area contributed by atoms with E-state index in [0.29, 0.717) is 11.7 Å². The summed E-state index contributed by atoms with van der Waals surface area (Å²) in [7, 11) is 0. The molecule has 0 aliphatic carbocycles. The minimum absolute atomic E-state index is 0.0244. The zero-order chi connectivity index (χ0) is 18.8. The first-order valence-corrected chi connectivity index (χ1v) is 11.1. The summed E-state index contributed by atoms with van der Waals surface area (Å²) in [6.07, 6.45) is 1.99. The molecule has 2 fully saturated rings. The SMILES string of the molecule is Cc1nn(-c2ccccc2)c(Cl)c1CN1CCCC1C(=O)N1CCSCC1. The number of benzene rings is 1. The van der Waals surface area contributed by atoms with Crippen molar-refractivity contribution in [3.05, 3.63) is 46.7 Å². The van der Waals surface area contributed by atoms with Crippen molar-refractivity contribution < 1.29 is 4.79 Å². The number of aromatic nitrogens is 2. The number of carbonyl (C=O) groups excluding carboxylic acids is 1. The molecule has 2 aliphatic heterocycles. The van der Waals surface area contributed by atoms with E-state index >= 15 is 0 Å². The fourth-order valence-electron chi connectivity index (χ4n) is 3.94. The Bertz CT molecular complexity index is 804. The second-order valence-corrected chi connectivity index (χ2v) is 8.75. The number of hydrogen-bond acceptors (Lipinski definition) is 4. The van der Waals surface area contributed by atoms with Crippen LogP contribution in [0.4, 0.5) is 0 Å². The molecule has 1 aromatic carbocycles. The molecule has 2 saturated heterocycles. The molecule has 27 heavy (non-hydrogen) atoms. The third-order valence-corrected chi connectivity index (χ3v) is 6.79. The van der Waals surface area contributed by atoms with Crippen molar-refractivity contribution >= 4 is 29.3 Å². The molecule has 2 aromatic rings.